The lowest BCUT2D eigenvalue weighted by Gasteiger charge is -2.27. The fraction of sp³-hybridized carbons (Fsp3) is 0.526. The number of aliphatic imine (C=N–C) groups is 1. The second kappa shape index (κ2) is 7.17. The van der Waals surface area contributed by atoms with Crippen LogP contribution in [0.5, 0.6) is 5.75 Å². The summed E-state index contributed by atoms with van der Waals surface area (Å²) < 4.78 is 1.17. The molecule has 2 aliphatic heterocycles. The van der Waals surface area contributed by atoms with E-state index in [0.717, 1.165) is 47.0 Å². The van der Waals surface area contributed by atoms with Crippen LogP contribution in [0.2, 0.25) is 0 Å². The minimum Gasteiger partial charge on any atom is -0.508 e. The monoisotopic (exact) mass is 376 g/mol. The number of fused-ring (bicyclic) bond motifs is 4. The predicted octanol–water partition coefficient (Wildman–Crippen LogP) is 5.02. The summed E-state index contributed by atoms with van der Waals surface area (Å²) in [7, 11) is 0. The Bertz CT molecular complexity index is 829. The summed E-state index contributed by atoms with van der Waals surface area (Å²) in [4.78, 5) is 8.43. The Morgan fingerprint density at radius 1 is 1.32 bits per heavy atom. The number of aromatic hydroxyl groups is 1. The molecule has 1 aromatic heterocycles. The SMILES string of the molecule is CCCSc1c(CO)c(O)cc2c3c(sc12)N=C1CCCCCN1C3. The molecule has 3 heterocycles. The van der Waals surface area contributed by atoms with Crippen molar-refractivity contribution >= 4 is 44.0 Å². The predicted molar refractivity (Wildman–Crippen MR) is 106 cm³/mol. The van der Waals surface area contributed by atoms with Gasteiger partial charge in [-0.2, -0.15) is 0 Å². The molecule has 0 unspecified atom stereocenters. The van der Waals surface area contributed by atoms with E-state index in [2.05, 4.69) is 11.8 Å². The molecule has 4 nitrogen and oxygen atoms in total. The van der Waals surface area contributed by atoms with Crippen molar-refractivity contribution in [2.24, 2.45) is 4.99 Å². The van der Waals surface area contributed by atoms with Crippen molar-refractivity contribution in [3.05, 3.63) is 17.2 Å². The quantitative estimate of drug-likeness (QED) is 0.736. The maximum absolute atomic E-state index is 10.5. The number of hydrogen-bond donors (Lipinski definition) is 2. The van der Waals surface area contributed by atoms with Gasteiger partial charge in [0, 0.05) is 40.9 Å². The number of amidine groups is 1. The third-order valence-electron chi connectivity index (χ3n) is 4.98. The minimum absolute atomic E-state index is 0.128. The second-order valence-corrected chi connectivity index (χ2v) is 8.84. The molecule has 2 aromatic rings. The van der Waals surface area contributed by atoms with Crippen LogP contribution in [-0.4, -0.2) is 33.2 Å². The van der Waals surface area contributed by atoms with Crippen molar-refractivity contribution < 1.29 is 10.2 Å². The Morgan fingerprint density at radius 3 is 3.00 bits per heavy atom. The first-order valence-corrected chi connectivity index (χ1v) is 10.9. The van der Waals surface area contributed by atoms with Gasteiger partial charge in [0.1, 0.15) is 16.6 Å². The molecule has 134 valence electrons. The maximum Gasteiger partial charge on any atom is 0.124 e. The highest BCUT2D eigenvalue weighted by Gasteiger charge is 2.27. The summed E-state index contributed by atoms with van der Waals surface area (Å²) in [5.41, 5.74) is 1.90. The zero-order chi connectivity index (χ0) is 17.4. The van der Waals surface area contributed by atoms with Gasteiger partial charge in [-0.1, -0.05) is 13.3 Å². The molecule has 6 heteroatoms. The van der Waals surface area contributed by atoms with E-state index in [4.69, 9.17) is 4.99 Å². The van der Waals surface area contributed by atoms with E-state index in [-0.39, 0.29) is 12.4 Å². The van der Waals surface area contributed by atoms with Gasteiger partial charge in [0.15, 0.2) is 0 Å². The number of thioether (sulfide) groups is 1. The number of nitrogens with zero attached hydrogens (tertiary/aromatic N) is 2. The van der Waals surface area contributed by atoms with Crippen LogP contribution in [0.3, 0.4) is 0 Å². The fourth-order valence-electron chi connectivity index (χ4n) is 3.67. The minimum atomic E-state index is -0.128. The first kappa shape index (κ1) is 17.2. The van der Waals surface area contributed by atoms with Crippen molar-refractivity contribution in [3.8, 4) is 5.75 Å². The molecule has 0 saturated carbocycles. The number of phenols is 1. The van der Waals surface area contributed by atoms with Gasteiger partial charge in [0.05, 0.1) is 11.3 Å². The molecule has 0 radical (unpaired) electrons. The molecule has 25 heavy (non-hydrogen) atoms. The molecular weight excluding hydrogens is 352 g/mol. The van der Waals surface area contributed by atoms with E-state index in [1.54, 1.807) is 23.1 Å². The Morgan fingerprint density at radius 2 is 2.20 bits per heavy atom. The first-order chi connectivity index (χ1) is 12.2. The summed E-state index contributed by atoms with van der Waals surface area (Å²) in [6.07, 6.45) is 5.87. The van der Waals surface area contributed by atoms with Crippen molar-refractivity contribution in [1.82, 2.24) is 4.90 Å². The summed E-state index contributed by atoms with van der Waals surface area (Å²) in [5.74, 6) is 2.42. The molecule has 0 bridgehead atoms. The van der Waals surface area contributed by atoms with E-state index < -0.39 is 0 Å². The Kier molecular flexibility index (Phi) is 4.93. The van der Waals surface area contributed by atoms with Gasteiger partial charge in [-0.25, -0.2) is 4.99 Å². The lowest BCUT2D eigenvalue weighted by Crippen LogP contribution is -2.31. The van der Waals surface area contributed by atoms with Crippen LogP contribution >= 0.6 is 23.1 Å². The van der Waals surface area contributed by atoms with Crippen LogP contribution in [0.25, 0.3) is 10.1 Å². The lowest BCUT2D eigenvalue weighted by molar-refractivity contribution is 0.272. The Hall–Kier alpha value is -1.24. The molecular formula is C19H24N2O2S2. The largest absolute Gasteiger partial charge is 0.508 e. The smallest absolute Gasteiger partial charge is 0.124 e. The Balaban J connectivity index is 1.87. The normalized spacial score (nSPS) is 17.2. The average Bonchev–Trinajstić information content (AvgIpc) is 2.80. The molecule has 1 fully saturated rings. The molecule has 0 aliphatic carbocycles. The average molecular weight is 377 g/mol. The molecule has 2 aliphatic rings. The van der Waals surface area contributed by atoms with Gasteiger partial charge in [-0.3, -0.25) is 0 Å². The molecule has 1 saturated heterocycles. The molecule has 4 rings (SSSR count). The zero-order valence-corrected chi connectivity index (χ0v) is 16.2. The van der Waals surface area contributed by atoms with E-state index in [9.17, 15) is 10.2 Å². The van der Waals surface area contributed by atoms with Crippen LogP contribution in [0.15, 0.2) is 16.0 Å². The van der Waals surface area contributed by atoms with Gasteiger partial charge in [0.2, 0.25) is 0 Å². The maximum atomic E-state index is 10.5. The topological polar surface area (TPSA) is 56.1 Å². The van der Waals surface area contributed by atoms with Gasteiger partial charge in [-0.05, 0) is 31.1 Å². The third-order valence-corrected chi connectivity index (χ3v) is 7.62. The molecule has 0 atom stereocenters. The summed E-state index contributed by atoms with van der Waals surface area (Å²) in [6.45, 7) is 3.99. The summed E-state index contributed by atoms with van der Waals surface area (Å²) in [5, 5.41) is 22.4. The highest BCUT2D eigenvalue weighted by atomic mass is 32.2. The van der Waals surface area contributed by atoms with Crippen molar-refractivity contribution in [2.45, 2.75) is 57.1 Å². The van der Waals surface area contributed by atoms with Crippen LogP contribution in [0.1, 0.15) is 50.2 Å². The molecule has 0 spiro atoms. The summed E-state index contributed by atoms with van der Waals surface area (Å²) in [6, 6.07) is 1.84. The number of hydrogen-bond acceptors (Lipinski definition) is 6. The van der Waals surface area contributed by atoms with Gasteiger partial charge < -0.3 is 15.1 Å². The van der Waals surface area contributed by atoms with Gasteiger partial charge in [-0.15, -0.1) is 23.1 Å². The van der Waals surface area contributed by atoms with Crippen LogP contribution in [0.4, 0.5) is 5.00 Å². The van der Waals surface area contributed by atoms with E-state index in [0.29, 0.717) is 5.56 Å². The molecule has 1 aromatic carbocycles. The standard InChI is InChI=1S/C19H24N2O2S2/c1-2-8-24-17-14(11-22)15(23)9-12-13-10-21-7-5-3-4-6-16(21)20-19(13)25-18(12)17/h9,22-23H,2-8,10-11H2,1H3. The molecule has 2 N–H and O–H groups in total. The highest BCUT2D eigenvalue weighted by Crippen LogP contribution is 2.48. The van der Waals surface area contributed by atoms with Gasteiger partial charge in [0.25, 0.3) is 0 Å². The number of thiophene rings is 1. The van der Waals surface area contributed by atoms with Crippen molar-refractivity contribution in [1.29, 1.82) is 0 Å². The van der Waals surface area contributed by atoms with E-state index in [1.807, 2.05) is 6.07 Å². The lowest BCUT2D eigenvalue weighted by atomic mass is 10.1. The Labute approximate surface area is 156 Å². The first-order valence-electron chi connectivity index (χ1n) is 9.09. The second-order valence-electron chi connectivity index (χ2n) is 6.73. The highest BCUT2D eigenvalue weighted by molar-refractivity contribution is 7.99. The number of benzene rings is 1. The zero-order valence-electron chi connectivity index (χ0n) is 14.5. The third kappa shape index (κ3) is 3.04. The van der Waals surface area contributed by atoms with E-state index >= 15 is 0 Å². The van der Waals surface area contributed by atoms with Gasteiger partial charge >= 0.3 is 0 Å². The molecule has 0 amide bonds. The van der Waals surface area contributed by atoms with Crippen molar-refractivity contribution in [2.75, 3.05) is 12.3 Å². The van der Waals surface area contributed by atoms with Crippen molar-refractivity contribution in [3.63, 3.8) is 0 Å². The van der Waals surface area contributed by atoms with Crippen LogP contribution in [-0.2, 0) is 13.2 Å². The number of aliphatic hydroxyl groups excluding tert-OH is 1. The summed E-state index contributed by atoms with van der Waals surface area (Å²) >= 11 is 3.46. The fourth-order valence-corrected chi connectivity index (χ4v) is 6.12. The van der Waals surface area contributed by atoms with Crippen LogP contribution < -0.4 is 0 Å². The van der Waals surface area contributed by atoms with Crippen LogP contribution in [0, 0.1) is 0 Å². The van der Waals surface area contributed by atoms with E-state index in [1.165, 1.54) is 35.4 Å². The number of aliphatic hydroxyl groups is 1. The number of rotatable bonds is 4.